The third-order valence-electron chi connectivity index (χ3n) is 2.93. The lowest BCUT2D eigenvalue weighted by atomic mass is 10.0. The Balaban J connectivity index is 2.47. The highest BCUT2D eigenvalue weighted by molar-refractivity contribution is 6.10. The van der Waals surface area contributed by atoms with Crippen molar-refractivity contribution >= 4 is 11.8 Å². The van der Waals surface area contributed by atoms with E-state index in [2.05, 4.69) is 0 Å². The van der Waals surface area contributed by atoms with E-state index >= 15 is 0 Å². The number of halogens is 1. The Labute approximate surface area is 109 Å². The number of carbonyl (C=O) groups is 2. The van der Waals surface area contributed by atoms with Crippen molar-refractivity contribution in [1.82, 2.24) is 4.57 Å². The zero-order valence-corrected chi connectivity index (χ0v) is 10.5. The van der Waals surface area contributed by atoms with Gasteiger partial charge in [-0.1, -0.05) is 6.07 Å². The molecule has 0 saturated carbocycles. The van der Waals surface area contributed by atoms with Crippen molar-refractivity contribution in [2.75, 3.05) is 0 Å². The van der Waals surface area contributed by atoms with Crippen LogP contribution >= 0.6 is 0 Å². The zero-order valence-electron chi connectivity index (χ0n) is 10.5. The summed E-state index contributed by atoms with van der Waals surface area (Å²) in [4.78, 5) is 23.2. The maximum absolute atomic E-state index is 13.2. The van der Waals surface area contributed by atoms with E-state index in [0.717, 1.165) is 6.07 Å². The summed E-state index contributed by atoms with van der Waals surface area (Å²) in [5.41, 5.74) is 1.13. The number of rotatable bonds is 3. The van der Waals surface area contributed by atoms with Crippen molar-refractivity contribution in [3.63, 3.8) is 0 Å². The summed E-state index contributed by atoms with van der Waals surface area (Å²) in [5.74, 6) is -2.00. The smallest absolute Gasteiger partial charge is 0.352 e. The van der Waals surface area contributed by atoms with Crippen LogP contribution in [0.25, 0.3) is 0 Å². The van der Waals surface area contributed by atoms with Crippen molar-refractivity contribution in [1.29, 1.82) is 0 Å². The molecule has 1 heterocycles. The maximum atomic E-state index is 13.2. The molecular weight excluding hydrogens is 249 g/mol. The molecule has 4 nitrogen and oxygen atoms in total. The van der Waals surface area contributed by atoms with Crippen LogP contribution in [0, 0.1) is 12.7 Å². The third-order valence-corrected chi connectivity index (χ3v) is 2.93. The minimum absolute atomic E-state index is 0.0115. The first kappa shape index (κ1) is 13.0. The molecule has 2 rings (SSSR count). The van der Waals surface area contributed by atoms with Gasteiger partial charge < -0.3 is 9.67 Å². The van der Waals surface area contributed by atoms with E-state index in [4.69, 9.17) is 5.11 Å². The monoisotopic (exact) mass is 261 g/mol. The van der Waals surface area contributed by atoms with Gasteiger partial charge >= 0.3 is 5.97 Å². The number of aryl methyl sites for hydroxylation is 2. The van der Waals surface area contributed by atoms with Crippen molar-refractivity contribution in [2.24, 2.45) is 7.05 Å². The van der Waals surface area contributed by atoms with Crippen molar-refractivity contribution in [3.8, 4) is 0 Å². The van der Waals surface area contributed by atoms with Gasteiger partial charge in [0, 0.05) is 24.4 Å². The highest BCUT2D eigenvalue weighted by Crippen LogP contribution is 2.17. The van der Waals surface area contributed by atoms with Crippen LogP contribution in [0.4, 0.5) is 4.39 Å². The highest BCUT2D eigenvalue weighted by Gasteiger charge is 2.18. The van der Waals surface area contributed by atoms with E-state index in [1.807, 2.05) is 0 Å². The second-order valence-corrected chi connectivity index (χ2v) is 4.32. The van der Waals surface area contributed by atoms with Crippen LogP contribution in [0.3, 0.4) is 0 Å². The molecule has 0 aliphatic carbocycles. The number of carbonyl (C=O) groups excluding carboxylic acids is 1. The Morgan fingerprint density at radius 3 is 2.53 bits per heavy atom. The second kappa shape index (κ2) is 4.68. The van der Waals surface area contributed by atoms with Crippen molar-refractivity contribution in [2.45, 2.75) is 6.92 Å². The van der Waals surface area contributed by atoms with E-state index < -0.39 is 11.8 Å². The predicted octanol–water partition coefficient (Wildman–Crippen LogP) is 2.40. The number of ketones is 1. The Bertz CT molecular complexity index is 673. The molecule has 0 aliphatic rings. The first-order chi connectivity index (χ1) is 8.90. The fraction of sp³-hybridized carbons (Fsp3) is 0.143. The molecule has 5 heteroatoms. The van der Waals surface area contributed by atoms with Gasteiger partial charge in [0.15, 0.2) is 5.78 Å². The normalized spacial score (nSPS) is 10.5. The molecule has 0 spiro atoms. The number of hydrogen-bond acceptors (Lipinski definition) is 2. The first-order valence-electron chi connectivity index (χ1n) is 5.60. The number of carboxylic acids is 1. The molecule has 19 heavy (non-hydrogen) atoms. The minimum Gasteiger partial charge on any atom is -0.477 e. The quantitative estimate of drug-likeness (QED) is 0.863. The second-order valence-electron chi connectivity index (χ2n) is 4.32. The SMILES string of the molecule is Cc1ccc(F)cc1C(=O)c1cc(C(=O)O)n(C)c1. The standard InChI is InChI=1S/C14H12FNO3/c1-8-3-4-10(15)6-11(8)13(17)9-5-12(14(18)19)16(2)7-9/h3-7H,1-2H3,(H,18,19). The van der Waals surface area contributed by atoms with Crippen LogP contribution in [0.15, 0.2) is 30.5 Å². The van der Waals surface area contributed by atoms with E-state index in [1.165, 1.54) is 29.0 Å². The van der Waals surface area contributed by atoms with Crippen molar-refractivity contribution in [3.05, 3.63) is 58.7 Å². The van der Waals surface area contributed by atoms with Gasteiger partial charge in [0.25, 0.3) is 0 Å². The summed E-state index contributed by atoms with van der Waals surface area (Å²) in [6.45, 7) is 1.70. The summed E-state index contributed by atoms with van der Waals surface area (Å²) in [6, 6.07) is 5.24. The topological polar surface area (TPSA) is 59.3 Å². The fourth-order valence-electron chi connectivity index (χ4n) is 1.90. The van der Waals surface area contributed by atoms with Gasteiger partial charge in [-0.3, -0.25) is 4.79 Å². The summed E-state index contributed by atoms with van der Waals surface area (Å²) >= 11 is 0. The van der Waals surface area contributed by atoms with Gasteiger partial charge in [0.1, 0.15) is 11.5 Å². The average Bonchev–Trinajstić information content (AvgIpc) is 2.74. The molecule has 1 aromatic heterocycles. The van der Waals surface area contributed by atoms with Gasteiger partial charge in [0.2, 0.25) is 0 Å². The van der Waals surface area contributed by atoms with Gasteiger partial charge in [-0.05, 0) is 30.7 Å². The molecule has 0 unspecified atom stereocenters. The lowest BCUT2D eigenvalue weighted by Crippen LogP contribution is -2.03. The molecule has 0 fully saturated rings. The van der Waals surface area contributed by atoms with Crippen LogP contribution in [0.1, 0.15) is 32.0 Å². The molecule has 0 radical (unpaired) electrons. The fourth-order valence-corrected chi connectivity index (χ4v) is 1.90. The number of aromatic carboxylic acids is 1. The Morgan fingerprint density at radius 1 is 1.26 bits per heavy atom. The van der Waals surface area contributed by atoms with Gasteiger partial charge in [-0.2, -0.15) is 0 Å². The van der Waals surface area contributed by atoms with Crippen molar-refractivity contribution < 1.29 is 19.1 Å². The molecule has 2 aromatic rings. The molecule has 0 atom stereocenters. The first-order valence-corrected chi connectivity index (χ1v) is 5.60. The van der Waals surface area contributed by atoms with Crippen LogP contribution in [-0.4, -0.2) is 21.4 Å². The van der Waals surface area contributed by atoms with E-state index in [-0.39, 0.29) is 22.6 Å². The summed E-state index contributed by atoms with van der Waals surface area (Å²) in [6.07, 6.45) is 1.43. The lowest BCUT2D eigenvalue weighted by molar-refractivity contribution is 0.0686. The van der Waals surface area contributed by atoms with Crippen LogP contribution in [0.2, 0.25) is 0 Å². The third kappa shape index (κ3) is 2.40. The number of hydrogen-bond donors (Lipinski definition) is 1. The number of aromatic nitrogens is 1. The number of benzene rings is 1. The minimum atomic E-state index is -1.11. The maximum Gasteiger partial charge on any atom is 0.352 e. The van der Waals surface area contributed by atoms with E-state index in [9.17, 15) is 14.0 Å². The van der Waals surface area contributed by atoms with Gasteiger partial charge in [0.05, 0.1) is 0 Å². The van der Waals surface area contributed by atoms with Crippen LogP contribution in [0.5, 0.6) is 0 Å². The summed E-state index contributed by atoms with van der Waals surface area (Å²) in [5, 5.41) is 8.94. The Morgan fingerprint density at radius 2 is 1.95 bits per heavy atom. The molecule has 0 aliphatic heterocycles. The zero-order chi connectivity index (χ0) is 14.2. The van der Waals surface area contributed by atoms with Gasteiger partial charge in [-0.15, -0.1) is 0 Å². The molecule has 0 saturated heterocycles. The van der Waals surface area contributed by atoms with Gasteiger partial charge in [-0.25, -0.2) is 9.18 Å². The molecule has 0 amide bonds. The largest absolute Gasteiger partial charge is 0.477 e. The Kier molecular flexibility index (Phi) is 3.21. The number of carboxylic acid groups (broad SMARTS) is 1. The molecule has 1 aromatic carbocycles. The van der Waals surface area contributed by atoms with E-state index in [0.29, 0.717) is 5.56 Å². The molecule has 98 valence electrons. The lowest BCUT2D eigenvalue weighted by Gasteiger charge is -2.03. The molecular formula is C14H12FNO3. The van der Waals surface area contributed by atoms with E-state index in [1.54, 1.807) is 14.0 Å². The van der Waals surface area contributed by atoms with Crippen LogP contribution in [-0.2, 0) is 7.05 Å². The average molecular weight is 261 g/mol. The summed E-state index contributed by atoms with van der Waals surface area (Å²) in [7, 11) is 1.54. The number of nitrogens with zero attached hydrogens (tertiary/aromatic N) is 1. The summed E-state index contributed by atoms with van der Waals surface area (Å²) < 4.78 is 14.5. The molecule has 0 bridgehead atoms. The van der Waals surface area contributed by atoms with Crippen LogP contribution < -0.4 is 0 Å². The highest BCUT2D eigenvalue weighted by atomic mass is 19.1. The predicted molar refractivity (Wildman–Crippen MR) is 66.9 cm³/mol. The Hall–Kier alpha value is -2.43. The molecule has 1 N–H and O–H groups in total.